The Bertz CT molecular complexity index is 1140. The highest BCUT2D eigenvalue weighted by Crippen LogP contribution is 2.19. The first kappa shape index (κ1) is 74.6. The first-order valence-corrected chi connectivity index (χ1v) is 34.9. The number of aliphatic hydroxyl groups is 2. The van der Waals surface area contributed by atoms with Crippen molar-refractivity contribution in [1.29, 1.82) is 0 Å². The zero-order valence-electron chi connectivity index (χ0n) is 51.8. The lowest BCUT2D eigenvalue weighted by molar-refractivity contribution is -0.143. The molecule has 0 aliphatic rings. The zero-order chi connectivity index (χ0) is 55.0. The zero-order valence-corrected chi connectivity index (χ0v) is 51.8. The highest BCUT2D eigenvalue weighted by Gasteiger charge is 2.20. The van der Waals surface area contributed by atoms with E-state index in [-0.39, 0.29) is 18.5 Å². The third kappa shape index (κ3) is 61.8. The summed E-state index contributed by atoms with van der Waals surface area (Å²) in [6.45, 7) is 4.99. The second kappa shape index (κ2) is 66.1. The highest BCUT2D eigenvalue weighted by atomic mass is 16.5. The standard InChI is InChI=1S/C70H137NO5/c1-3-5-7-9-11-13-15-17-19-20-28-31-35-38-42-46-50-54-58-62-68(73)67(66-72)71-69(74)63-59-55-51-47-43-39-36-32-29-26-24-22-21-23-25-27-30-33-37-41-45-49-53-57-61-65-76-70(75)64-60-56-52-48-44-40-34-18-16-14-12-10-8-6-4-2/h18,34,67-68,72-73H,3-17,19-33,35-66H2,1-2H3,(H,71,74)/b34-18-. The molecule has 3 N–H and O–H groups in total. The van der Waals surface area contributed by atoms with Gasteiger partial charge in [0.15, 0.2) is 0 Å². The number of carbonyl (C=O) groups is 2. The van der Waals surface area contributed by atoms with E-state index < -0.39 is 12.1 Å². The molecule has 0 aliphatic heterocycles. The molecule has 76 heavy (non-hydrogen) atoms. The van der Waals surface area contributed by atoms with Crippen LogP contribution in [0.2, 0.25) is 0 Å². The summed E-state index contributed by atoms with van der Waals surface area (Å²) in [5.74, 6) is -0.0193. The van der Waals surface area contributed by atoms with Gasteiger partial charge in [-0.3, -0.25) is 9.59 Å². The molecule has 0 rings (SSSR count). The van der Waals surface area contributed by atoms with Crippen molar-refractivity contribution in [2.24, 2.45) is 0 Å². The number of hydrogen-bond acceptors (Lipinski definition) is 5. The molecular weight excluding hydrogens is 935 g/mol. The number of unbranched alkanes of at least 4 members (excludes halogenated alkanes) is 53. The van der Waals surface area contributed by atoms with Crippen LogP contribution in [0, 0.1) is 0 Å². The average molecular weight is 1070 g/mol. The van der Waals surface area contributed by atoms with Crippen LogP contribution in [-0.4, -0.2) is 47.4 Å². The first-order chi connectivity index (χ1) is 37.5. The van der Waals surface area contributed by atoms with Crippen LogP contribution in [0.15, 0.2) is 12.2 Å². The molecule has 0 aliphatic carbocycles. The molecule has 0 fully saturated rings. The molecule has 0 bridgehead atoms. The topological polar surface area (TPSA) is 95.9 Å². The Kier molecular flexibility index (Phi) is 64.9. The number of rotatable bonds is 66. The number of ether oxygens (including phenoxy) is 1. The summed E-state index contributed by atoms with van der Waals surface area (Å²) in [6, 6.07) is -0.540. The summed E-state index contributed by atoms with van der Waals surface area (Å²) < 4.78 is 5.49. The van der Waals surface area contributed by atoms with Gasteiger partial charge in [-0.2, -0.15) is 0 Å². The Hall–Kier alpha value is -1.40. The predicted molar refractivity (Wildman–Crippen MR) is 333 cm³/mol. The van der Waals surface area contributed by atoms with Gasteiger partial charge in [-0.05, 0) is 51.4 Å². The molecule has 2 unspecified atom stereocenters. The molecule has 0 saturated heterocycles. The molecule has 2 atom stereocenters. The van der Waals surface area contributed by atoms with E-state index in [0.29, 0.717) is 25.9 Å². The third-order valence-electron chi connectivity index (χ3n) is 16.6. The Morgan fingerprint density at radius 2 is 0.618 bits per heavy atom. The summed E-state index contributed by atoms with van der Waals surface area (Å²) in [5.41, 5.74) is 0. The lowest BCUT2D eigenvalue weighted by Crippen LogP contribution is -2.45. The van der Waals surface area contributed by atoms with Crippen molar-refractivity contribution >= 4 is 11.9 Å². The van der Waals surface area contributed by atoms with Crippen LogP contribution in [0.5, 0.6) is 0 Å². The first-order valence-electron chi connectivity index (χ1n) is 34.9. The molecule has 0 heterocycles. The summed E-state index contributed by atoms with van der Waals surface area (Å²) in [4.78, 5) is 24.6. The summed E-state index contributed by atoms with van der Waals surface area (Å²) >= 11 is 0. The van der Waals surface area contributed by atoms with Crippen molar-refractivity contribution in [3.8, 4) is 0 Å². The van der Waals surface area contributed by atoms with Crippen molar-refractivity contribution in [2.45, 2.75) is 411 Å². The van der Waals surface area contributed by atoms with E-state index in [2.05, 4.69) is 31.3 Å². The van der Waals surface area contributed by atoms with Crippen molar-refractivity contribution in [1.82, 2.24) is 5.32 Å². The van der Waals surface area contributed by atoms with Crippen LogP contribution in [0.3, 0.4) is 0 Å². The van der Waals surface area contributed by atoms with Gasteiger partial charge in [0.2, 0.25) is 5.91 Å². The van der Waals surface area contributed by atoms with E-state index in [4.69, 9.17) is 4.74 Å². The van der Waals surface area contributed by atoms with Crippen LogP contribution in [-0.2, 0) is 14.3 Å². The van der Waals surface area contributed by atoms with Gasteiger partial charge >= 0.3 is 5.97 Å². The number of amides is 1. The molecule has 1 amide bonds. The summed E-state index contributed by atoms with van der Waals surface area (Å²) in [7, 11) is 0. The monoisotopic (exact) mass is 1070 g/mol. The normalized spacial score (nSPS) is 12.5. The van der Waals surface area contributed by atoms with Crippen LogP contribution in [0.1, 0.15) is 399 Å². The molecule has 0 spiro atoms. The minimum absolute atomic E-state index is 0.00956. The molecule has 6 heteroatoms. The van der Waals surface area contributed by atoms with Gasteiger partial charge in [0, 0.05) is 12.8 Å². The van der Waals surface area contributed by atoms with Crippen LogP contribution in [0.4, 0.5) is 0 Å². The summed E-state index contributed by atoms with van der Waals surface area (Å²) in [5, 5.41) is 23.4. The van der Waals surface area contributed by atoms with E-state index in [9.17, 15) is 19.8 Å². The van der Waals surface area contributed by atoms with Gasteiger partial charge in [0.1, 0.15) is 0 Å². The minimum atomic E-state index is -0.663. The van der Waals surface area contributed by atoms with E-state index >= 15 is 0 Å². The van der Waals surface area contributed by atoms with Crippen LogP contribution < -0.4 is 5.32 Å². The van der Waals surface area contributed by atoms with Crippen molar-refractivity contribution in [3.05, 3.63) is 12.2 Å². The second-order valence-electron chi connectivity index (χ2n) is 24.2. The van der Waals surface area contributed by atoms with Crippen LogP contribution >= 0.6 is 0 Å². The largest absolute Gasteiger partial charge is 0.466 e. The number of hydrogen-bond donors (Lipinski definition) is 3. The number of aliphatic hydroxyl groups excluding tert-OH is 2. The molecule has 0 aromatic carbocycles. The minimum Gasteiger partial charge on any atom is -0.466 e. The maximum atomic E-state index is 12.5. The van der Waals surface area contributed by atoms with Gasteiger partial charge in [-0.15, -0.1) is 0 Å². The SMILES string of the molecule is CCCCCCCC/C=C\CCCCCCCC(=O)OCCCCCCCCCCCCCCCCCCCCCCCCCCCC(=O)NC(CO)C(O)CCCCCCCCCCCCCCCCCCCCC. The number of nitrogens with one attached hydrogen (secondary N) is 1. The Morgan fingerprint density at radius 1 is 0.355 bits per heavy atom. The maximum absolute atomic E-state index is 12.5. The smallest absolute Gasteiger partial charge is 0.305 e. The van der Waals surface area contributed by atoms with Crippen molar-refractivity contribution in [3.63, 3.8) is 0 Å². The van der Waals surface area contributed by atoms with Gasteiger partial charge in [0.05, 0.1) is 25.4 Å². The molecule has 0 aromatic rings. The fourth-order valence-electron chi connectivity index (χ4n) is 11.2. The Balaban J connectivity index is 3.35. The van der Waals surface area contributed by atoms with Crippen LogP contribution in [0.25, 0.3) is 0 Å². The quantitative estimate of drug-likeness (QED) is 0.0320. The van der Waals surface area contributed by atoms with Gasteiger partial charge < -0.3 is 20.3 Å². The van der Waals surface area contributed by atoms with E-state index in [1.807, 2.05) is 0 Å². The number of carbonyl (C=O) groups excluding carboxylic acids is 2. The molecule has 6 nitrogen and oxygen atoms in total. The molecule has 0 radical (unpaired) electrons. The molecule has 0 saturated carbocycles. The molecular formula is C70H137NO5. The highest BCUT2D eigenvalue weighted by molar-refractivity contribution is 5.76. The molecule has 0 aromatic heterocycles. The van der Waals surface area contributed by atoms with Gasteiger partial charge in [0.25, 0.3) is 0 Å². The molecule has 452 valence electrons. The van der Waals surface area contributed by atoms with E-state index in [1.54, 1.807) is 0 Å². The fraction of sp³-hybridized carbons (Fsp3) is 0.943. The lowest BCUT2D eigenvalue weighted by Gasteiger charge is -2.22. The fourth-order valence-corrected chi connectivity index (χ4v) is 11.2. The maximum Gasteiger partial charge on any atom is 0.305 e. The number of allylic oxidation sites excluding steroid dienone is 2. The Labute approximate surface area is 476 Å². The van der Waals surface area contributed by atoms with Gasteiger partial charge in [-0.1, -0.05) is 347 Å². The van der Waals surface area contributed by atoms with E-state index in [0.717, 1.165) is 44.9 Å². The van der Waals surface area contributed by atoms with Gasteiger partial charge in [-0.25, -0.2) is 0 Å². The predicted octanol–water partition coefficient (Wildman–Crippen LogP) is 22.4. The second-order valence-corrected chi connectivity index (χ2v) is 24.2. The van der Waals surface area contributed by atoms with Crippen molar-refractivity contribution < 1.29 is 24.5 Å². The third-order valence-corrected chi connectivity index (χ3v) is 16.6. The van der Waals surface area contributed by atoms with E-state index in [1.165, 1.54) is 321 Å². The average Bonchev–Trinajstić information content (AvgIpc) is 3.42. The Morgan fingerprint density at radius 3 is 0.934 bits per heavy atom. The van der Waals surface area contributed by atoms with Crippen molar-refractivity contribution in [2.75, 3.05) is 13.2 Å². The summed E-state index contributed by atoms with van der Waals surface area (Å²) in [6.07, 6.45) is 81.1. The number of esters is 1. The lowest BCUT2D eigenvalue weighted by atomic mass is 10.0.